The Morgan fingerprint density at radius 1 is 1.42 bits per heavy atom. The first kappa shape index (κ1) is 14.8. The molecular formula is C15H22BrFN2. The zero-order valence-corrected chi connectivity index (χ0v) is 13.2. The first-order valence-corrected chi connectivity index (χ1v) is 7.83. The van der Waals surface area contributed by atoms with Crippen LogP contribution in [0.15, 0.2) is 22.7 Å². The van der Waals surface area contributed by atoms with E-state index in [2.05, 4.69) is 40.0 Å². The van der Waals surface area contributed by atoms with E-state index in [0.29, 0.717) is 16.4 Å². The van der Waals surface area contributed by atoms with Crippen molar-refractivity contribution >= 4 is 21.6 Å². The summed E-state index contributed by atoms with van der Waals surface area (Å²) < 4.78 is 14.0. The third-order valence-electron chi connectivity index (χ3n) is 4.10. The van der Waals surface area contributed by atoms with E-state index in [1.807, 2.05) is 6.07 Å². The van der Waals surface area contributed by atoms with Gasteiger partial charge in [0.15, 0.2) is 0 Å². The number of nitrogens with one attached hydrogen (secondary N) is 1. The number of hydrogen-bond donors (Lipinski definition) is 1. The molecule has 1 N–H and O–H groups in total. The van der Waals surface area contributed by atoms with Crippen molar-refractivity contribution in [2.75, 3.05) is 25.0 Å². The molecular weight excluding hydrogens is 307 g/mol. The van der Waals surface area contributed by atoms with Gasteiger partial charge in [0.25, 0.3) is 0 Å². The number of benzene rings is 1. The Balaban J connectivity index is 1.90. The van der Waals surface area contributed by atoms with E-state index in [0.717, 1.165) is 12.2 Å². The highest BCUT2D eigenvalue weighted by Crippen LogP contribution is 2.25. The molecule has 0 radical (unpaired) electrons. The van der Waals surface area contributed by atoms with Crippen LogP contribution >= 0.6 is 15.9 Å². The third kappa shape index (κ3) is 3.93. The number of likely N-dealkylation sites (tertiary alicyclic amines) is 1. The predicted molar refractivity (Wildman–Crippen MR) is 82.0 cm³/mol. The molecule has 1 aliphatic rings. The van der Waals surface area contributed by atoms with Gasteiger partial charge in [-0.3, -0.25) is 0 Å². The van der Waals surface area contributed by atoms with Crippen molar-refractivity contribution in [1.29, 1.82) is 0 Å². The number of hydrogen-bond acceptors (Lipinski definition) is 2. The fourth-order valence-electron chi connectivity index (χ4n) is 2.74. The molecule has 1 heterocycles. The van der Waals surface area contributed by atoms with Gasteiger partial charge in [-0.1, -0.05) is 6.92 Å². The molecule has 0 amide bonds. The Hall–Kier alpha value is -0.610. The lowest BCUT2D eigenvalue weighted by Crippen LogP contribution is -2.39. The minimum Gasteiger partial charge on any atom is -0.382 e. The quantitative estimate of drug-likeness (QED) is 0.894. The summed E-state index contributed by atoms with van der Waals surface area (Å²) in [5, 5.41) is 3.43. The minimum absolute atomic E-state index is 0.210. The van der Waals surface area contributed by atoms with Crippen molar-refractivity contribution in [3.05, 3.63) is 28.5 Å². The number of anilines is 1. The predicted octanol–water partition coefficient (Wildman–Crippen LogP) is 4.12. The molecule has 4 heteroatoms. The summed E-state index contributed by atoms with van der Waals surface area (Å²) in [6, 6.07) is 5.62. The molecule has 1 fully saturated rings. The average Bonchev–Trinajstić information content (AvgIpc) is 2.43. The van der Waals surface area contributed by atoms with Gasteiger partial charge in [-0.25, -0.2) is 4.39 Å². The van der Waals surface area contributed by atoms with Gasteiger partial charge in [0.2, 0.25) is 0 Å². The minimum atomic E-state index is -0.210. The zero-order chi connectivity index (χ0) is 13.8. The van der Waals surface area contributed by atoms with Crippen LogP contribution in [0.5, 0.6) is 0 Å². The van der Waals surface area contributed by atoms with Gasteiger partial charge in [-0.05, 0) is 79.4 Å². The summed E-state index contributed by atoms with van der Waals surface area (Å²) in [6.07, 6.45) is 2.45. The monoisotopic (exact) mass is 328 g/mol. The van der Waals surface area contributed by atoms with Crippen LogP contribution in [0.3, 0.4) is 0 Å². The highest BCUT2D eigenvalue weighted by molar-refractivity contribution is 9.10. The summed E-state index contributed by atoms with van der Waals surface area (Å²) >= 11 is 3.18. The number of halogens is 2. The van der Waals surface area contributed by atoms with Crippen LogP contribution in [-0.4, -0.2) is 30.6 Å². The number of piperidine rings is 1. The van der Waals surface area contributed by atoms with E-state index < -0.39 is 0 Å². The molecule has 1 atom stereocenters. The lowest BCUT2D eigenvalue weighted by atomic mass is 9.90. The highest BCUT2D eigenvalue weighted by atomic mass is 79.9. The third-order valence-corrected chi connectivity index (χ3v) is 4.74. The molecule has 0 spiro atoms. The maximum absolute atomic E-state index is 13.5. The summed E-state index contributed by atoms with van der Waals surface area (Å²) in [7, 11) is 0. The number of rotatable bonds is 4. The Labute approximate surface area is 123 Å². The van der Waals surface area contributed by atoms with Crippen LogP contribution in [-0.2, 0) is 0 Å². The lowest BCUT2D eigenvalue weighted by molar-refractivity contribution is 0.183. The normalized spacial score (nSPS) is 19.4. The molecule has 0 aliphatic carbocycles. The van der Waals surface area contributed by atoms with Crippen LogP contribution < -0.4 is 5.32 Å². The van der Waals surface area contributed by atoms with Gasteiger partial charge >= 0.3 is 0 Å². The van der Waals surface area contributed by atoms with Crippen LogP contribution in [0.1, 0.15) is 26.7 Å². The molecule has 2 nitrogen and oxygen atoms in total. The van der Waals surface area contributed by atoms with Crippen LogP contribution in [0, 0.1) is 11.7 Å². The Morgan fingerprint density at radius 2 is 2.11 bits per heavy atom. The standard InChI is InChI=1S/C15H22BrFN2/c1-3-19-8-6-12(7-9-19)11(2)18-13-4-5-14(16)15(17)10-13/h4-5,10-12,18H,3,6-9H2,1-2H3. The van der Waals surface area contributed by atoms with Crippen molar-refractivity contribution in [3.63, 3.8) is 0 Å². The van der Waals surface area contributed by atoms with Gasteiger partial charge in [0.1, 0.15) is 5.82 Å². The topological polar surface area (TPSA) is 15.3 Å². The second-order valence-corrected chi connectivity index (χ2v) is 6.19. The van der Waals surface area contributed by atoms with Crippen molar-refractivity contribution < 1.29 is 4.39 Å². The summed E-state index contributed by atoms with van der Waals surface area (Å²) in [5.74, 6) is 0.465. The summed E-state index contributed by atoms with van der Waals surface area (Å²) in [5.41, 5.74) is 0.867. The largest absolute Gasteiger partial charge is 0.382 e. The van der Waals surface area contributed by atoms with E-state index in [4.69, 9.17) is 0 Å². The average molecular weight is 329 g/mol. The first-order valence-electron chi connectivity index (χ1n) is 7.04. The van der Waals surface area contributed by atoms with Gasteiger partial charge in [0, 0.05) is 11.7 Å². The van der Waals surface area contributed by atoms with E-state index in [-0.39, 0.29) is 5.82 Å². The molecule has 19 heavy (non-hydrogen) atoms. The lowest BCUT2D eigenvalue weighted by Gasteiger charge is -2.34. The maximum Gasteiger partial charge on any atom is 0.139 e. The molecule has 0 aromatic heterocycles. The van der Waals surface area contributed by atoms with Gasteiger partial charge in [0.05, 0.1) is 4.47 Å². The molecule has 1 unspecified atom stereocenters. The van der Waals surface area contributed by atoms with Crippen molar-refractivity contribution in [1.82, 2.24) is 4.90 Å². The summed E-state index contributed by atoms with van der Waals surface area (Å²) in [4.78, 5) is 2.49. The Kier molecular flexibility index (Phi) is 5.22. The van der Waals surface area contributed by atoms with Crippen LogP contribution in [0.25, 0.3) is 0 Å². The smallest absolute Gasteiger partial charge is 0.139 e. The second-order valence-electron chi connectivity index (χ2n) is 5.33. The Morgan fingerprint density at radius 3 is 2.68 bits per heavy atom. The number of nitrogens with zero attached hydrogens (tertiary/aromatic N) is 1. The summed E-state index contributed by atoms with van der Waals surface area (Å²) in [6.45, 7) is 7.93. The van der Waals surface area contributed by atoms with Gasteiger partial charge in [-0.2, -0.15) is 0 Å². The second kappa shape index (κ2) is 6.71. The SMILES string of the molecule is CCN1CCC(C(C)Nc2ccc(Br)c(F)c2)CC1. The maximum atomic E-state index is 13.5. The fraction of sp³-hybridized carbons (Fsp3) is 0.600. The van der Waals surface area contributed by atoms with Gasteiger partial charge in [-0.15, -0.1) is 0 Å². The molecule has 1 saturated heterocycles. The van der Waals surface area contributed by atoms with Crippen LogP contribution in [0.4, 0.5) is 10.1 Å². The van der Waals surface area contributed by atoms with E-state index in [9.17, 15) is 4.39 Å². The van der Waals surface area contributed by atoms with Crippen LogP contribution in [0.2, 0.25) is 0 Å². The first-order chi connectivity index (χ1) is 9.10. The van der Waals surface area contributed by atoms with E-state index in [1.54, 1.807) is 12.1 Å². The van der Waals surface area contributed by atoms with E-state index in [1.165, 1.54) is 25.9 Å². The molecule has 1 aromatic carbocycles. The van der Waals surface area contributed by atoms with Crippen molar-refractivity contribution in [2.45, 2.75) is 32.7 Å². The Bertz CT molecular complexity index is 417. The molecule has 1 aliphatic heterocycles. The molecule has 1 aromatic rings. The van der Waals surface area contributed by atoms with Crippen molar-refractivity contribution in [2.24, 2.45) is 5.92 Å². The van der Waals surface area contributed by atoms with Crippen molar-refractivity contribution in [3.8, 4) is 0 Å². The highest BCUT2D eigenvalue weighted by Gasteiger charge is 2.23. The molecule has 0 bridgehead atoms. The molecule has 106 valence electrons. The van der Waals surface area contributed by atoms with E-state index >= 15 is 0 Å². The molecule has 0 saturated carbocycles. The molecule has 2 rings (SSSR count). The van der Waals surface area contributed by atoms with Gasteiger partial charge < -0.3 is 10.2 Å². The zero-order valence-electron chi connectivity index (χ0n) is 11.6. The fourth-order valence-corrected chi connectivity index (χ4v) is 2.98.